The predicted molar refractivity (Wildman–Crippen MR) is 101 cm³/mol. The highest BCUT2D eigenvalue weighted by Gasteiger charge is 2.38. The molecule has 2 heterocycles. The van der Waals surface area contributed by atoms with Gasteiger partial charge < -0.3 is 18.9 Å². The third-order valence-electron chi connectivity index (χ3n) is 7.00. The van der Waals surface area contributed by atoms with Crippen LogP contribution in [0.2, 0.25) is 0 Å². The summed E-state index contributed by atoms with van der Waals surface area (Å²) in [5.41, 5.74) is 0.942. The summed E-state index contributed by atoms with van der Waals surface area (Å²) in [6.07, 6.45) is 6.95. The third kappa shape index (κ3) is 5.41. The molecule has 0 amide bonds. The second-order valence-electron chi connectivity index (χ2n) is 8.50. The Morgan fingerprint density at radius 2 is 1.12 bits per heavy atom. The highest BCUT2D eigenvalue weighted by atomic mass is 16.5. The van der Waals surface area contributed by atoms with Crippen LogP contribution in [0.25, 0.3) is 0 Å². The van der Waals surface area contributed by atoms with E-state index in [9.17, 15) is 0 Å². The number of rotatable bonds is 14. The van der Waals surface area contributed by atoms with Crippen LogP contribution in [-0.2, 0) is 18.9 Å². The maximum absolute atomic E-state index is 6.06. The Hall–Kier alpha value is -0.160. The minimum Gasteiger partial charge on any atom is -0.381 e. The summed E-state index contributed by atoms with van der Waals surface area (Å²) < 4.78 is 22.9. The Bertz CT molecular complexity index is 327. The fourth-order valence-corrected chi connectivity index (χ4v) is 3.80. The summed E-state index contributed by atoms with van der Waals surface area (Å²) in [4.78, 5) is 0. The summed E-state index contributed by atoms with van der Waals surface area (Å²) in [5.74, 6) is 0. The van der Waals surface area contributed by atoms with Crippen molar-refractivity contribution in [3.8, 4) is 0 Å². The zero-order valence-electron chi connectivity index (χ0n) is 17.0. The van der Waals surface area contributed by atoms with Gasteiger partial charge in [-0.3, -0.25) is 0 Å². The van der Waals surface area contributed by atoms with Gasteiger partial charge >= 0.3 is 0 Å². The molecule has 2 rings (SSSR count). The van der Waals surface area contributed by atoms with Crippen molar-refractivity contribution in [2.24, 2.45) is 16.2 Å². The Labute approximate surface area is 154 Å². The molecule has 0 aromatic carbocycles. The SMILES string of the molecule is CCC(CC)(CCOCC1(CC)COC1)CCOCC1(CC)COC1. The molecular weight excluding hydrogens is 316 g/mol. The average molecular weight is 357 g/mol. The molecule has 0 unspecified atom stereocenters. The van der Waals surface area contributed by atoms with Gasteiger partial charge in [-0.1, -0.05) is 40.5 Å². The van der Waals surface area contributed by atoms with Crippen molar-refractivity contribution >= 4 is 0 Å². The molecule has 0 aromatic heterocycles. The molecule has 0 atom stereocenters. The summed E-state index contributed by atoms with van der Waals surface area (Å²) in [6, 6.07) is 0. The zero-order chi connectivity index (χ0) is 18.2. The maximum Gasteiger partial charge on any atom is 0.0566 e. The molecule has 0 aliphatic carbocycles. The quantitative estimate of drug-likeness (QED) is 0.431. The summed E-state index contributed by atoms with van der Waals surface area (Å²) >= 11 is 0. The minimum absolute atomic E-state index is 0.295. The van der Waals surface area contributed by atoms with Crippen molar-refractivity contribution < 1.29 is 18.9 Å². The Kier molecular flexibility index (Phi) is 8.19. The van der Waals surface area contributed by atoms with Gasteiger partial charge in [0.15, 0.2) is 0 Å². The van der Waals surface area contributed by atoms with Crippen molar-refractivity contribution in [1.29, 1.82) is 0 Å². The molecule has 148 valence electrons. The normalized spacial score (nSPS) is 21.6. The van der Waals surface area contributed by atoms with Crippen LogP contribution >= 0.6 is 0 Å². The molecule has 0 spiro atoms. The Balaban J connectivity index is 1.66. The van der Waals surface area contributed by atoms with Gasteiger partial charge in [-0.2, -0.15) is 0 Å². The van der Waals surface area contributed by atoms with E-state index in [-0.39, 0.29) is 0 Å². The number of hydrogen-bond donors (Lipinski definition) is 0. The van der Waals surface area contributed by atoms with Crippen molar-refractivity contribution in [1.82, 2.24) is 0 Å². The van der Waals surface area contributed by atoms with Gasteiger partial charge in [0.25, 0.3) is 0 Å². The molecule has 0 bridgehead atoms. The van der Waals surface area contributed by atoms with Gasteiger partial charge in [-0.25, -0.2) is 0 Å². The Morgan fingerprint density at radius 3 is 1.36 bits per heavy atom. The van der Waals surface area contributed by atoms with E-state index < -0.39 is 0 Å². The fraction of sp³-hybridized carbons (Fsp3) is 1.00. The predicted octanol–water partition coefficient (Wildman–Crippen LogP) is 4.46. The van der Waals surface area contributed by atoms with E-state index in [0.717, 1.165) is 78.5 Å². The van der Waals surface area contributed by atoms with Crippen LogP contribution in [0.4, 0.5) is 0 Å². The summed E-state index contributed by atoms with van der Waals surface area (Å²) in [7, 11) is 0. The van der Waals surface area contributed by atoms with E-state index in [0.29, 0.717) is 16.2 Å². The molecule has 4 heteroatoms. The topological polar surface area (TPSA) is 36.9 Å². The lowest BCUT2D eigenvalue weighted by atomic mass is 9.76. The van der Waals surface area contributed by atoms with E-state index in [1.807, 2.05) is 0 Å². The first-order valence-electron chi connectivity index (χ1n) is 10.4. The Morgan fingerprint density at radius 1 is 0.720 bits per heavy atom. The monoisotopic (exact) mass is 356 g/mol. The lowest BCUT2D eigenvalue weighted by Crippen LogP contribution is -2.46. The van der Waals surface area contributed by atoms with Crippen molar-refractivity contribution in [2.45, 2.75) is 66.2 Å². The third-order valence-corrected chi connectivity index (χ3v) is 7.00. The van der Waals surface area contributed by atoms with Crippen LogP contribution in [-0.4, -0.2) is 52.9 Å². The highest BCUT2D eigenvalue weighted by Crippen LogP contribution is 2.37. The molecule has 4 nitrogen and oxygen atoms in total. The van der Waals surface area contributed by atoms with E-state index >= 15 is 0 Å². The number of hydrogen-bond acceptors (Lipinski definition) is 4. The summed E-state index contributed by atoms with van der Waals surface area (Å²) in [6.45, 7) is 16.0. The largest absolute Gasteiger partial charge is 0.381 e. The first kappa shape index (κ1) is 21.1. The van der Waals surface area contributed by atoms with Crippen LogP contribution in [0.1, 0.15) is 66.2 Å². The molecule has 2 fully saturated rings. The lowest BCUT2D eigenvalue weighted by Gasteiger charge is -2.41. The van der Waals surface area contributed by atoms with Crippen LogP contribution in [0.3, 0.4) is 0 Å². The smallest absolute Gasteiger partial charge is 0.0566 e. The average Bonchev–Trinajstić information content (AvgIpc) is 2.57. The molecule has 0 aromatic rings. The minimum atomic E-state index is 0.295. The molecule has 2 aliphatic rings. The fourth-order valence-electron chi connectivity index (χ4n) is 3.80. The van der Waals surface area contributed by atoms with E-state index in [1.54, 1.807) is 0 Å². The molecule has 2 aliphatic heterocycles. The second-order valence-corrected chi connectivity index (χ2v) is 8.50. The molecule has 0 N–H and O–H groups in total. The van der Waals surface area contributed by atoms with E-state index in [4.69, 9.17) is 18.9 Å². The zero-order valence-corrected chi connectivity index (χ0v) is 17.0. The maximum atomic E-state index is 6.06. The van der Waals surface area contributed by atoms with Gasteiger partial charge in [0.1, 0.15) is 0 Å². The number of ether oxygens (including phenoxy) is 4. The van der Waals surface area contributed by atoms with E-state index in [2.05, 4.69) is 27.7 Å². The van der Waals surface area contributed by atoms with Crippen molar-refractivity contribution in [2.75, 3.05) is 52.9 Å². The lowest BCUT2D eigenvalue weighted by molar-refractivity contribution is -0.154. The molecule has 2 saturated heterocycles. The standard InChI is InChI=1S/C21H40O4/c1-5-19(6-2,9-11-22-13-20(7-3)15-24-16-20)10-12-23-14-21(8-4)17-25-18-21/h5-18H2,1-4H3. The van der Waals surface area contributed by atoms with Crippen LogP contribution in [0.5, 0.6) is 0 Å². The second kappa shape index (κ2) is 9.68. The molecule has 25 heavy (non-hydrogen) atoms. The van der Waals surface area contributed by atoms with Gasteiger partial charge in [0.05, 0.1) is 39.6 Å². The first-order valence-corrected chi connectivity index (χ1v) is 10.4. The first-order chi connectivity index (χ1) is 12.1. The van der Waals surface area contributed by atoms with Crippen LogP contribution < -0.4 is 0 Å². The van der Waals surface area contributed by atoms with Crippen LogP contribution in [0, 0.1) is 16.2 Å². The molecular formula is C21H40O4. The van der Waals surface area contributed by atoms with Crippen molar-refractivity contribution in [3.63, 3.8) is 0 Å². The molecule has 0 saturated carbocycles. The van der Waals surface area contributed by atoms with Crippen molar-refractivity contribution in [3.05, 3.63) is 0 Å². The van der Waals surface area contributed by atoms with Crippen LogP contribution in [0.15, 0.2) is 0 Å². The molecule has 0 radical (unpaired) electrons. The highest BCUT2D eigenvalue weighted by molar-refractivity contribution is 4.85. The van der Waals surface area contributed by atoms with E-state index in [1.165, 1.54) is 12.8 Å². The summed E-state index contributed by atoms with van der Waals surface area (Å²) in [5, 5.41) is 0. The van der Waals surface area contributed by atoms with Gasteiger partial charge in [0.2, 0.25) is 0 Å². The van der Waals surface area contributed by atoms with Gasteiger partial charge in [-0.15, -0.1) is 0 Å². The van der Waals surface area contributed by atoms with Gasteiger partial charge in [0, 0.05) is 24.0 Å². The van der Waals surface area contributed by atoms with Gasteiger partial charge in [-0.05, 0) is 31.1 Å².